The molecule has 0 aliphatic carbocycles. The molecule has 0 bridgehead atoms. The van der Waals surface area contributed by atoms with Crippen molar-refractivity contribution in [3.63, 3.8) is 0 Å². The minimum Gasteiger partial charge on any atom is -0.381 e. The van der Waals surface area contributed by atoms with Crippen LogP contribution in [0.2, 0.25) is 0 Å². The summed E-state index contributed by atoms with van der Waals surface area (Å²) in [4.78, 5) is 2.67. The predicted molar refractivity (Wildman–Crippen MR) is 71.3 cm³/mol. The average molecular weight is 240 g/mol. The molecule has 2 aliphatic rings. The Morgan fingerprint density at radius 1 is 1.24 bits per heavy atom. The third-order valence-electron chi connectivity index (χ3n) is 4.23. The zero-order valence-electron chi connectivity index (χ0n) is 11.5. The van der Waals surface area contributed by atoms with Crippen molar-refractivity contribution in [3.05, 3.63) is 0 Å². The Balaban J connectivity index is 1.80. The minimum absolute atomic E-state index is 0.669. The Kier molecular flexibility index (Phi) is 5.26. The van der Waals surface area contributed by atoms with Crippen molar-refractivity contribution in [1.29, 1.82) is 0 Å². The Morgan fingerprint density at radius 2 is 2.06 bits per heavy atom. The smallest absolute Gasteiger partial charge is 0.0507 e. The van der Waals surface area contributed by atoms with Gasteiger partial charge in [0.25, 0.3) is 0 Å². The van der Waals surface area contributed by atoms with Crippen LogP contribution < -0.4 is 5.32 Å². The molecule has 3 heteroatoms. The fraction of sp³-hybridized carbons (Fsp3) is 1.00. The van der Waals surface area contributed by atoms with E-state index in [-0.39, 0.29) is 0 Å². The molecule has 0 saturated carbocycles. The molecule has 2 saturated heterocycles. The molecule has 2 fully saturated rings. The maximum Gasteiger partial charge on any atom is 0.0507 e. The van der Waals surface area contributed by atoms with Gasteiger partial charge in [-0.1, -0.05) is 6.92 Å². The summed E-state index contributed by atoms with van der Waals surface area (Å²) in [6.45, 7) is 10.3. The average Bonchev–Trinajstić information content (AvgIpc) is 2.81. The first-order chi connectivity index (χ1) is 8.28. The van der Waals surface area contributed by atoms with Crippen LogP contribution in [0.5, 0.6) is 0 Å². The van der Waals surface area contributed by atoms with Crippen molar-refractivity contribution in [2.45, 2.75) is 51.6 Å². The molecule has 0 amide bonds. The standard InChI is InChI=1S/C14H28N2O/c1-3-14-5-8-16(7-4-12(2)15-14)10-13-6-9-17-11-13/h12-15H,3-11H2,1-2H3. The number of ether oxygens (including phenoxy) is 1. The fourth-order valence-corrected chi connectivity index (χ4v) is 2.99. The molecule has 1 N–H and O–H groups in total. The highest BCUT2D eigenvalue weighted by Crippen LogP contribution is 2.16. The highest BCUT2D eigenvalue weighted by molar-refractivity contribution is 4.78. The van der Waals surface area contributed by atoms with E-state index in [1.807, 2.05) is 0 Å². The maximum absolute atomic E-state index is 5.48. The van der Waals surface area contributed by atoms with Crippen molar-refractivity contribution in [1.82, 2.24) is 10.2 Å². The summed E-state index contributed by atoms with van der Waals surface area (Å²) in [5.74, 6) is 0.790. The second-order valence-electron chi connectivity index (χ2n) is 5.78. The van der Waals surface area contributed by atoms with E-state index in [4.69, 9.17) is 4.74 Å². The second-order valence-corrected chi connectivity index (χ2v) is 5.78. The van der Waals surface area contributed by atoms with Crippen LogP contribution in [0, 0.1) is 5.92 Å². The van der Waals surface area contributed by atoms with Gasteiger partial charge in [0.15, 0.2) is 0 Å². The Bertz CT molecular complexity index is 216. The summed E-state index contributed by atoms with van der Waals surface area (Å²) in [5, 5.41) is 3.73. The van der Waals surface area contributed by atoms with Crippen molar-refractivity contribution >= 4 is 0 Å². The summed E-state index contributed by atoms with van der Waals surface area (Å²) in [6, 6.07) is 1.38. The summed E-state index contributed by atoms with van der Waals surface area (Å²) in [6.07, 6.45) is 5.10. The minimum atomic E-state index is 0.669. The first-order valence-corrected chi connectivity index (χ1v) is 7.34. The molecule has 0 aromatic heterocycles. The van der Waals surface area contributed by atoms with Crippen molar-refractivity contribution in [3.8, 4) is 0 Å². The van der Waals surface area contributed by atoms with Crippen LogP contribution in [0.3, 0.4) is 0 Å². The Labute approximate surface area is 106 Å². The molecule has 0 aromatic rings. The molecule has 3 atom stereocenters. The van der Waals surface area contributed by atoms with Crippen molar-refractivity contribution in [2.75, 3.05) is 32.8 Å². The van der Waals surface area contributed by atoms with Gasteiger partial charge >= 0.3 is 0 Å². The van der Waals surface area contributed by atoms with E-state index in [2.05, 4.69) is 24.1 Å². The third kappa shape index (κ3) is 4.23. The molecule has 2 rings (SSSR count). The van der Waals surface area contributed by atoms with Crippen molar-refractivity contribution < 1.29 is 4.74 Å². The molecular weight excluding hydrogens is 212 g/mol. The molecule has 3 unspecified atom stereocenters. The van der Waals surface area contributed by atoms with Gasteiger partial charge in [-0.3, -0.25) is 0 Å². The normalized spacial score (nSPS) is 36.7. The largest absolute Gasteiger partial charge is 0.381 e. The van der Waals surface area contributed by atoms with Crippen LogP contribution in [0.4, 0.5) is 0 Å². The molecule has 17 heavy (non-hydrogen) atoms. The zero-order chi connectivity index (χ0) is 12.1. The number of rotatable bonds is 3. The van der Waals surface area contributed by atoms with E-state index < -0.39 is 0 Å². The van der Waals surface area contributed by atoms with E-state index in [1.165, 1.54) is 45.3 Å². The number of nitrogens with zero attached hydrogens (tertiary/aromatic N) is 1. The van der Waals surface area contributed by atoms with Gasteiger partial charge in [0, 0.05) is 25.2 Å². The molecule has 3 nitrogen and oxygen atoms in total. The highest BCUT2D eigenvalue weighted by atomic mass is 16.5. The van der Waals surface area contributed by atoms with Crippen LogP contribution in [0.1, 0.15) is 39.5 Å². The summed E-state index contributed by atoms with van der Waals surface area (Å²) >= 11 is 0. The lowest BCUT2D eigenvalue weighted by Gasteiger charge is -2.33. The Hall–Kier alpha value is -0.120. The quantitative estimate of drug-likeness (QED) is 0.815. The lowest BCUT2D eigenvalue weighted by molar-refractivity contribution is 0.155. The van der Waals surface area contributed by atoms with Gasteiger partial charge in [-0.05, 0) is 51.6 Å². The van der Waals surface area contributed by atoms with E-state index in [0.29, 0.717) is 12.1 Å². The molecule has 0 radical (unpaired) electrons. The van der Waals surface area contributed by atoms with E-state index in [1.54, 1.807) is 0 Å². The molecule has 0 aromatic carbocycles. The van der Waals surface area contributed by atoms with Gasteiger partial charge < -0.3 is 15.0 Å². The van der Waals surface area contributed by atoms with Gasteiger partial charge in [-0.15, -0.1) is 0 Å². The summed E-state index contributed by atoms with van der Waals surface area (Å²) in [7, 11) is 0. The van der Waals surface area contributed by atoms with Gasteiger partial charge in [-0.25, -0.2) is 0 Å². The van der Waals surface area contributed by atoms with Gasteiger partial charge in [0.2, 0.25) is 0 Å². The number of hydrogen-bond acceptors (Lipinski definition) is 3. The van der Waals surface area contributed by atoms with Gasteiger partial charge in [0.1, 0.15) is 0 Å². The topological polar surface area (TPSA) is 24.5 Å². The number of hydrogen-bond donors (Lipinski definition) is 1. The van der Waals surface area contributed by atoms with Gasteiger partial charge in [0.05, 0.1) is 6.61 Å². The first kappa shape index (κ1) is 13.3. The van der Waals surface area contributed by atoms with Crippen LogP contribution in [-0.4, -0.2) is 49.8 Å². The predicted octanol–water partition coefficient (Wildman–Crippen LogP) is 1.88. The highest BCUT2D eigenvalue weighted by Gasteiger charge is 2.22. The molecular formula is C14H28N2O. The lowest BCUT2D eigenvalue weighted by Crippen LogP contribution is -2.45. The molecule has 2 aliphatic heterocycles. The summed E-state index contributed by atoms with van der Waals surface area (Å²) < 4.78 is 5.48. The van der Waals surface area contributed by atoms with Crippen LogP contribution in [-0.2, 0) is 4.74 Å². The maximum atomic E-state index is 5.48. The number of nitrogens with one attached hydrogen (secondary N) is 1. The van der Waals surface area contributed by atoms with Crippen molar-refractivity contribution in [2.24, 2.45) is 5.92 Å². The van der Waals surface area contributed by atoms with Gasteiger partial charge in [-0.2, -0.15) is 0 Å². The van der Waals surface area contributed by atoms with E-state index in [9.17, 15) is 0 Å². The van der Waals surface area contributed by atoms with Crippen LogP contribution in [0.25, 0.3) is 0 Å². The lowest BCUT2D eigenvalue weighted by atomic mass is 10.0. The monoisotopic (exact) mass is 240 g/mol. The SMILES string of the molecule is CCC1CCN(CC2CCOC2)CCC(C)N1. The molecule has 100 valence electrons. The third-order valence-corrected chi connectivity index (χ3v) is 4.23. The van der Waals surface area contributed by atoms with E-state index in [0.717, 1.165) is 19.1 Å². The fourth-order valence-electron chi connectivity index (χ4n) is 2.99. The Morgan fingerprint density at radius 3 is 2.76 bits per heavy atom. The van der Waals surface area contributed by atoms with Crippen LogP contribution in [0.15, 0.2) is 0 Å². The molecule has 2 heterocycles. The first-order valence-electron chi connectivity index (χ1n) is 7.34. The molecule has 0 spiro atoms. The van der Waals surface area contributed by atoms with E-state index >= 15 is 0 Å². The van der Waals surface area contributed by atoms with Crippen LogP contribution >= 0.6 is 0 Å². The summed E-state index contributed by atoms with van der Waals surface area (Å²) in [5.41, 5.74) is 0. The zero-order valence-corrected chi connectivity index (χ0v) is 11.5. The second kappa shape index (κ2) is 6.72.